The van der Waals surface area contributed by atoms with E-state index in [1.165, 1.54) is 10.4 Å². The molecular weight excluding hydrogens is 198 g/mol. The Morgan fingerprint density at radius 3 is 2.36 bits per heavy atom. The zero-order chi connectivity index (χ0) is 10.4. The predicted octanol–water partition coefficient (Wildman–Crippen LogP) is 0.843. The molecule has 0 aliphatic carbocycles. The molecule has 4 heteroatoms. The molecule has 3 nitrogen and oxygen atoms in total. The van der Waals surface area contributed by atoms with E-state index in [9.17, 15) is 0 Å². The number of nitrogens with zero attached hydrogens (tertiary/aromatic N) is 1. The van der Waals surface area contributed by atoms with Gasteiger partial charge < -0.3 is 10.2 Å². The van der Waals surface area contributed by atoms with E-state index < -0.39 is 0 Å². The van der Waals surface area contributed by atoms with Crippen LogP contribution in [0.15, 0.2) is 11.4 Å². The van der Waals surface area contributed by atoms with Gasteiger partial charge in [-0.2, -0.15) is 0 Å². The molecule has 1 heterocycles. The van der Waals surface area contributed by atoms with Crippen LogP contribution in [0, 0.1) is 6.92 Å². The van der Waals surface area contributed by atoms with Crippen LogP contribution in [0.5, 0.6) is 0 Å². The summed E-state index contributed by atoms with van der Waals surface area (Å²) < 4.78 is 0. The minimum Gasteiger partial charge on any atom is -0.395 e. The summed E-state index contributed by atoms with van der Waals surface area (Å²) in [6.45, 7) is 4.42. The smallest absolute Gasteiger partial charge is 0.0558 e. The molecular formula is C10H17NO2S. The Morgan fingerprint density at radius 2 is 1.93 bits per heavy atom. The Morgan fingerprint density at radius 1 is 1.29 bits per heavy atom. The van der Waals surface area contributed by atoms with Gasteiger partial charge in [0.1, 0.15) is 0 Å². The van der Waals surface area contributed by atoms with Gasteiger partial charge in [-0.05, 0) is 23.9 Å². The molecule has 0 radical (unpaired) electrons. The molecule has 1 aromatic rings. The second kappa shape index (κ2) is 6.14. The topological polar surface area (TPSA) is 43.7 Å². The normalized spacial score (nSPS) is 11.1. The van der Waals surface area contributed by atoms with Crippen molar-refractivity contribution in [2.75, 3.05) is 26.3 Å². The Balaban J connectivity index is 2.46. The average Bonchev–Trinajstić information content (AvgIpc) is 2.52. The Hall–Kier alpha value is -0.420. The highest BCUT2D eigenvalue weighted by molar-refractivity contribution is 7.10. The minimum atomic E-state index is 0.143. The summed E-state index contributed by atoms with van der Waals surface area (Å²) >= 11 is 1.72. The molecule has 0 aliphatic rings. The van der Waals surface area contributed by atoms with Crippen LogP contribution >= 0.6 is 11.3 Å². The molecule has 1 rings (SSSR count). The Bertz CT molecular complexity index is 256. The maximum atomic E-state index is 8.83. The largest absolute Gasteiger partial charge is 0.395 e. The number of thiophene rings is 1. The number of aliphatic hydroxyl groups excluding tert-OH is 2. The van der Waals surface area contributed by atoms with E-state index in [0.717, 1.165) is 6.54 Å². The number of hydrogen-bond acceptors (Lipinski definition) is 4. The summed E-state index contributed by atoms with van der Waals surface area (Å²) in [7, 11) is 0. The fourth-order valence-electron chi connectivity index (χ4n) is 1.35. The first-order valence-electron chi connectivity index (χ1n) is 4.74. The van der Waals surface area contributed by atoms with Gasteiger partial charge in [0.15, 0.2) is 0 Å². The monoisotopic (exact) mass is 215 g/mol. The van der Waals surface area contributed by atoms with Crippen LogP contribution in [0.3, 0.4) is 0 Å². The fourth-order valence-corrected chi connectivity index (χ4v) is 2.26. The molecule has 0 bridgehead atoms. The maximum absolute atomic E-state index is 8.83. The van der Waals surface area contributed by atoms with Crippen molar-refractivity contribution in [2.24, 2.45) is 0 Å². The molecule has 0 saturated heterocycles. The quantitative estimate of drug-likeness (QED) is 0.739. The van der Waals surface area contributed by atoms with E-state index in [-0.39, 0.29) is 13.2 Å². The Kier molecular flexibility index (Phi) is 5.11. The van der Waals surface area contributed by atoms with Crippen molar-refractivity contribution in [2.45, 2.75) is 13.5 Å². The summed E-state index contributed by atoms with van der Waals surface area (Å²) in [5.41, 5.74) is 1.28. The number of hydrogen-bond donors (Lipinski definition) is 2. The molecule has 14 heavy (non-hydrogen) atoms. The van der Waals surface area contributed by atoms with Crippen LogP contribution in [0.25, 0.3) is 0 Å². The third-order valence-corrected chi connectivity index (χ3v) is 3.04. The lowest BCUT2D eigenvalue weighted by Crippen LogP contribution is -2.28. The summed E-state index contributed by atoms with van der Waals surface area (Å²) in [6.07, 6.45) is 0. The number of aryl methyl sites for hydroxylation is 1. The maximum Gasteiger partial charge on any atom is 0.0558 e. The average molecular weight is 215 g/mol. The van der Waals surface area contributed by atoms with Crippen LogP contribution in [0.1, 0.15) is 10.4 Å². The van der Waals surface area contributed by atoms with E-state index in [4.69, 9.17) is 10.2 Å². The van der Waals surface area contributed by atoms with Crippen LogP contribution in [0.2, 0.25) is 0 Å². The van der Waals surface area contributed by atoms with Crippen molar-refractivity contribution in [3.05, 3.63) is 21.9 Å². The molecule has 0 aromatic carbocycles. The van der Waals surface area contributed by atoms with Crippen molar-refractivity contribution in [1.82, 2.24) is 4.90 Å². The second-order valence-electron chi connectivity index (χ2n) is 3.31. The SMILES string of the molecule is Cc1csc(CN(CCO)CCO)c1. The van der Waals surface area contributed by atoms with E-state index in [0.29, 0.717) is 13.1 Å². The molecule has 2 N–H and O–H groups in total. The van der Waals surface area contributed by atoms with Gasteiger partial charge >= 0.3 is 0 Å². The van der Waals surface area contributed by atoms with E-state index in [1.54, 1.807) is 11.3 Å². The van der Waals surface area contributed by atoms with Crippen LogP contribution < -0.4 is 0 Å². The predicted molar refractivity (Wildman–Crippen MR) is 58.5 cm³/mol. The van der Waals surface area contributed by atoms with Crippen molar-refractivity contribution in [3.8, 4) is 0 Å². The van der Waals surface area contributed by atoms with Gasteiger partial charge in [0, 0.05) is 24.5 Å². The highest BCUT2D eigenvalue weighted by atomic mass is 32.1. The standard InChI is InChI=1S/C10H17NO2S/c1-9-6-10(14-8-9)7-11(2-4-12)3-5-13/h6,8,12-13H,2-5,7H2,1H3. The summed E-state index contributed by atoms with van der Waals surface area (Å²) in [5.74, 6) is 0. The van der Waals surface area contributed by atoms with Gasteiger partial charge in [0.25, 0.3) is 0 Å². The van der Waals surface area contributed by atoms with Crippen molar-refractivity contribution < 1.29 is 10.2 Å². The van der Waals surface area contributed by atoms with Gasteiger partial charge in [0.2, 0.25) is 0 Å². The number of aliphatic hydroxyl groups is 2. The summed E-state index contributed by atoms with van der Waals surface area (Å²) in [4.78, 5) is 3.33. The van der Waals surface area contributed by atoms with Gasteiger partial charge in [-0.3, -0.25) is 4.90 Å². The summed E-state index contributed by atoms with van der Waals surface area (Å²) in [6, 6.07) is 2.15. The lowest BCUT2D eigenvalue weighted by atomic mass is 10.3. The van der Waals surface area contributed by atoms with Crippen molar-refractivity contribution in [1.29, 1.82) is 0 Å². The lowest BCUT2D eigenvalue weighted by Gasteiger charge is -2.18. The fraction of sp³-hybridized carbons (Fsp3) is 0.600. The van der Waals surface area contributed by atoms with E-state index in [1.807, 2.05) is 4.90 Å². The molecule has 0 aliphatic heterocycles. The van der Waals surface area contributed by atoms with E-state index in [2.05, 4.69) is 18.4 Å². The third-order valence-electron chi connectivity index (χ3n) is 2.00. The van der Waals surface area contributed by atoms with Crippen LogP contribution in [-0.2, 0) is 6.54 Å². The minimum absolute atomic E-state index is 0.143. The first-order chi connectivity index (χ1) is 6.76. The Labute approximate surface area is 88.6 Å². The molecule has 0 spiro atoms. The van der Waals surface area contributed by atoms with Gasteiger partial charge in [-0.15, -0.1) is 11.3 Å². The van der Waals surface area contributed by atoms with Crippen LogP contribution in [0.4, 0.5) is 0 Å². The highest BCUT2D eigenvalue weighted by Gasteiger charge is 2.05. The molecule has 1 aromatic heterocycles. The lowest BCUT2D eigenvalue weighted by molar-refractivity contribution is 0.157. The van der Waals surface area contributed by atoms with Crippen molar-refractivity contribution in [3.63, 3.8) is 0 Å². The zero-order valence-corrected chi connectivity index (χ0v) is 9.26. The molecule has 0 saturated carbocycles. The molecule has 80 valence electrons. The third kappa shape index (κ3) is 3.75. The van der Waals surface area contributed by atoms with Crippen molar-refractivity contribution >= 4 is 11.3 Å². The van der Waals surface area contributed by atoms with Gasteiger partial charge in [-0.25, -0.2) is 0 Å². The van der Waals surface area contributed by atoms with E-state index >= 15 is 0 Å². The van der Waals surface area contributed by atoms with Crippen LogP contribution in [-0.4, -0.2) is 41.4 Å². The first kappa shape index (κ1) is 11.7. The number of rotatable bonds is 6. The van der Waals surface area contributed by atoms with Gasteiger partial charge in [0.05, 0.1) is 13.2 Å². The highest BCUT2D eigenvalue weighted by Crippen LogP contribution is 2.15. The molecule has 0 unspecified atom stereocenters. The first-order valence-corrected chi connectivity index (χ1v) is 5.62. The molecule has 0 amide bonds. The molecule has 0 atom stereocenters. The summed E-state index contributed by atoms with van der Waals surface area (Å²) in [5, 5.41) is 19.8. The second-order valence-corrected chi connectivity index (χ2v) is 4.31. The van der Waals surface area contributed by atoms with Gasteiger partial charge in [-0.1, -0.05) is 0 Å². The molecule has 0 fully saturated rings. The zero-order valence-electron chi connectivity index (χ0n) is 8.44.